The molecule has 2 nitrogen and oxygen atoms in total. The Balaban J connectivity index is 2.38. The third-order valence-corrected chi connectivity index (χ3v) is 3.47. The van der Waals surface area contributed by atoms with Gasteiger partial charge in [0.05, 0.1) is 0 Å². The summed E-state index contributed by atoms with van der Waals surface area (Å²) < 4.78 is 0. The Morgan fingerprint density at radius 1 is 1.47 bits per heavy atom. The summed E-state index contributed by atoms with van der Waals surface area (Å²) in [6.07, 6.45) is 0. The van der Waals surface area contributed by atoms with Crippen LogP contribution in [0.3, 0.4) is 0 Å². The normalized spacial score (nSPS) is 21.6. The molecule has 0 aliphatic carbocycles. The van der Waals surface area contributed by atoms with Crippen LogP contribution in [0.4, 0.5) is 5.69 Å². The van der Waals surface area contributed by atoms with Gasteiger partial charge in [0.25, 0.3) is 0 Å². The monoisotopic (exact) mass is 204 g/mol. The van der Waals surface area contributed by atoms with Crippen LogP contribution in [0, 0.1) is 0 Å². The molecule has 2 atom stereocenters. The lowest BCUT2D eigenvalue weighted by atomic mass is 9.98. The minimum absolute atomic E-state index is 0.438. The number of rotatable bonds is 2. The first-order chi connectivity index (χ1) is 7.13. The fourth-order valence-electron chi connectivity index (χ4n) is 2.36. The van der Waals surface area contributed by atoms with Crippen LogP contribution in [0.25, 0.3) is 0 Å². The lowest BCUT2D eigenvalue weighted by Gasteiger charge is -2.15. The number of likely N-dealkylation sites (N-methyl/N-ethyl adjacent to an activating group) is 1. The molecular weight excluding hydrogens is 184 g/mol. The second-order valence-corrected chi connectivity index (χ2v) is 4.61. The van der Waals surface area contributed by atoms with Gasteiger partial charge in [0.1, 0.15) is 0 Å². The van der Waals surface area contributed by atoms with E-state index in [1.807, 2.05) is 7.05 Å². The predicted molar refractivity (Wildman–Crippen MR) is 65.6 cm³/mol. The molecule has 0 saturated carbocycles. The van der Waals surface area contributed by atoms with Crippen molar-refractivity contribution in [2.24, 2.45) is 0 Å². The van der Waals surface area contributed by atoms with E-state index in [2.05, 4.69) is 49.3 Å². The molecule has 2 rings (SSSR count). The lowest BCUT2D eigenvalue weighted by molar-refractivity contribution is 0.651. The number of fused-ring (bicyclic) bond motifs is 1. The average Bonchev–Trinajstić information content (AvgIpc) is 2.53. The Labute approximate surface area is 92.3 Å². The molecule has 0 amide bonds. The zero-order valence-corrected chi connectivity index (χ0v) is 10.0. The molecule has 82 valence electrons. The van der Waals surface area contributed by atoms with E-state index in [0.29, 0.717) is 12.0 Å². The molecule has 1 aliphatic rings. The van der Waals surface area contributed by atoms with Gasteiger partial charge in [0.2, 0.25) is 0 Å². The molecule has 0 saturated heterocycles. The van der Waals surface area contributed by atoms with Crippen LogP contribution in [0.5, 0.6) is 0 Å². The summed E-state index contributed by atoms with van der Waals surface area (Å²) in [5.74, 6) is 0.661. The maximum Gasteiger partial charge on any atom is 0.0399 e. The Hall–Kier alpha value is -1.02. The van der Waals surface area contributed by atoms with Gasteiger partial charge in [0, 0.05) is 31.2 Å². The van der Waals surface area contributed by atoms with Gasteiger partial charge in [-0.3, -0.25) is 0 Å². The number of nitrogens with one attached hydrogen (secondary N) is 1. The molecule has 2 heteroatoms. The van der Waals surface area contributed by atoms with Crippen molar-refractivity contribution < 1.29 is 0 Å². The highest BCUT2D eigenvalue weighted by atomic mass is 15.1. The second kappa shape index (κ2) is 3.86. The first-order valence-corrected chi connectivity index (χ1v) is 5.65. The molecule has 0 spiro atoms. The minimum atomic E-state index is 0.438. The SMILES string of the molecule is CNC(C)c1ccc2c(c1)C(C)CN2C. The van der Waals surface area contributed by atoms with Gasteiger partial charge in [-0.25, -0.2) is 0 Å². The number of benzene rings is 1. The molecule has 1 N–H and O–H groups in total. The van der Waals surface area contributed by atoms with E-state index in [1.54, 1.807) is 0 Å². The van der Waals surface area contributed by atoms with E-state index >= 15 is 0 Å². The molecule has 0 radical (unpaired) electrons. The van der Waals surface area contributed by atoms with Crippen molar-refractivity contribution >= 4 is 5.69 Å². The van der Waals surface area contributed by atoms with Crippen LogP contribution in [0.2, 0.25) is 0 Å². The van der Waals surface area contributed by atoms with Crippen molar-refractivity contribution in [3.63, 3.8) is 0 Å². The van der Waals surface area contributed by atoms with E-state index in [9.17, 15) is 0 Å². The number of hydrogen-bond acceptors (Lipinski definition) is 2. The Morgan fingerprint density at radius 3 is 2.87 bits per heavy atom. The average molecular weight is 204 g/mol. The summed E-state index contributed by atoms with van der Waals surface area (Å²) in [6.45, 7) is 5.65. The van der Waals surface area contributed by atoms with Gasteiger partial charge in [-0.1, -0.05) is 19.1 Å². The lowest BCUT2D eigenvalue weighted by Crippen LogP contribution is -2.14. The van der Waals surface area contributed by atoms with Gasteiger partial charge in [-0.2, -0.15) is 0 Å². The van der Waals surface area contributed by atoms with Gasteiger partial charge in [-0.15, -0.1) is 0 Å². The summed E-state index contributed by atoms with van der Waals surface area (Å²) >= 11 is 0. The second-order valence-electron chi connectivity index (χ2n) is 4.61. The standard InChI is InChI=1S/C13H20N2/c1-9-8-15(4)13-6-5-11(7-12(9)13)10(2)14-3/h5-7,9-10,14H,8H2,1-4H3. The van der Waals surface area contributed by atoms with Gasteiger partial charge >= 0.3 is 0 Å². The van der Waals surface area contributed by atoms with Gasteiger partial charge < -0.3 is 10.2 Å². The van der Waals surface area contributed by atoms with E-state index in [1.165, 1.54) is 16.8 Å². The first kappa shape index (κ1) is 10.5. The maximum absolute atomic E-state index is 3.28. The highest BCUT2D eigenvalue weighted by molar-refractivity contribution is 5.60. The van der Waals surface area contributed by atoms with Crippen molar-refractivity contribution in [1.29, 1.82) is 0 Å². The van der Waals surface area contributed by atoms with E-state index in [-0.39, 0.29) is 0 Å². The molecule has 15 heavy (non-hydrogen) atoms. The fourth-order valence-corrected chi connectivity index (χ4v) is 2.36. The quantitative estimate of drug-likeness (QED) is 0.796. The molecular formula is C13H20N2. The summed E-state index contributed by atoms with van der Waals surface area (Å²) in [6, 6.07) is 7.27. The third kappa shape index (κ3) is 1.74. The largest absolute Gasteiger partial charge is 0.374 e. The first-order valence-electron chi connectivity index (χ1n) is 5.65. The van der Waals surface area contributed by atoms with Crippen molar-refractivity contribution in [3.05, 3.63) is 29.3 Å². The third-order valence-electron chi connectivity index (χ3n) is 3.47. The number of anilines is 1. The fraction of sp³-hybridized carbons (Fsp3) is 0.538. The predicted octanol–water partition coefficient (Wildman–Crippen LogP) is 2.52. The Morgan fingerprint density at radius 2 is 2.20 bits per heavy atom. The molecule has 0 fully saturated rings. The van der Waals surface area contributed by atoms with Crippen molar-refractivity contribution in [3.8, 4) is 0 Å². The summed E-state index contributed by atoms with van der Waals surface area (Å²) in [7, 11) is 4.18. The zero-order valence-electron chi connectivity index (χ0n) is 10.0. The van der Waals surface area contributed by atoms with Crippen molar-refractivity contribution in [2.45, 2.75) is 25.8 Å². The molecule has 1 aromatic rings. The van der Waals surface area contributed by atoms with E-state index in [0.717, 1.165) is 6.54 Å². The number of hydrogen-bond donors (Lipinski definition) is 1. The molecule has 0 bridgehead atoms. The summed E-state index contributed by atoms with van der Waals surface area (Å²) in [5, 5.41) is 3.28. The van der Waals surface area contributed by atoms with Crippen LogP contribution in [-0.4, -0.2) is 20.6 Å². The molecule has 1 aliphatic heterocycles. The minimum Gasteiger partial charge on any atom is -0.374 e. The van der Waals surface area contributed by atoms with Gasteiger partial charge in [-0.05, 0) is 31.2 Å². The van der Waals surface area contributed by atoms with Crippen LogP contribution in [0.1, 0.15) is 36.9 Å². The Bertz CT molecular complexity index is 360. The topological polar surface area (TPSA) is 15.3 Å². The maximum atomic E-state index is 3.28. The Kier molecular flexibility index (Phi) is 2.70. The van der Waals surface area contributed by atoms with Crippen LogP contribution in [-0.2, 0) is 0 Å². The van der Waals surface area contributed by atoms with E-state index < -0.39 is 0 Å². The zero-order chi connectivity index (χ0) is 11.0. The molecule has 0 aromatic heterocycles. The highest BCUT2D eigenvalue weighted by Gasteiger charge is 2.23. The number of nitrogens with zero attached hydrogens (tertiary/aromatic N) is 1. The van der Waals surface area contributed by atoms with Crippen molar-refractivity contribution in [1.82, 2.24) is 5.32 Å². The summed E-state index contributed by atoms with van der Waals surface area (Å²) in [5.41, 5.74) is 4.28. The van der Waals surface area contributed by atoms with Gasteiger partial charge in [0.15, 0.2) is 0 Å². The molecule has 1 aromatic carbocycles. The highest BCUT2D eigenvalue weighted by Crippen LogP contribution is 2.36. The smallest absolute Gasteiger partial charge is 0.0399 e. The van der Waals surface area contributed by atoms with Crippen molar-refractivity contribution in [2.75, 3.05) is 25.5 Å². The van der Waals surface area contributed by atoms with Crippen LogP contribution >= 0.6 is 0 Å². The summed E-state index contributed by atoms with van der Waals surface area (Å²) in [4.78, 5) is 2.34. The van der Waals surface area contributed by atoms with Crippen LogP contribution in [0.15, 0.2) is 18.2 Å². The molecule has 2 unspecified atom stereocenters. The molecule has 1 heterocycles. The van der Waals surface area contributed by atoms with Crippen LogP contribution < -0.4 is 10.2 Å². The van der Waals surface area contributed by atoms with E-state index in [4.69, 9.17) is 0 Å².